The molecule has 0 aliphatic rings. The molecule has 4 nitrogen and oxygen atoms in total. The Morgan fingerprint density at radius 3 is 2.40 bits per heavy atom. The highest BCUT2D eigenvalue weighted by Gasteiger charge is 2.21. The van der Waals surface area contributed by atoms with E-state index in [2.05, 4.69) is 0 Å². The molecule has 0 spiro atoms. The molecular formula is C12H9F3N2O2S. The molecule has 0 aliphatic heterocycles. The van der Waals surface area contributed by atoms with Crippen molar-refractivity contribution < 1.29 is 21.6 Å². The SMILES string of the molecule is Nc1c(F)cccc1S(=O)(=O)Nc1cc(F)ccc1F. The fourth-order valence-corrected chi connectivity index (χ4v) is 2.73. The van der Waals surface area contributed by atoms with Crippen molar-refractivity contribution in [3.8, 4) is 0 Å². The Hall–Kier alpha value is -2.22. The Labute approximate surface area is 113 Å². The molecule has 2 rings (SSSR count). The van der Waals surface area contributed by atoms with Crippen molar-refractivity contribution in [3.63, 3.8) is 0 Å². The number of hydrogen-bond donors (Lipinski definition) is 2. The summed E-state index contributed by atoms with van der Waals surface area (Å²) < 4.78 is 65.4. The molecule has 0 heterocycles. The third-order valence-corrected chi connectivity index (χ3v) is 3.90. The summed E-state index contributed by atoms with van der Waals surface area (Å²) in [7, 11) is -4.33. The molecule has 0 aliphatic carbocycles. The Balaban J connectivity index is 2.46. The quantitative estimate of drug-likeness (QED) is 0.856. The summed E-state index contributed by atoms with van der Waals surface area (Å²) in [6.45, 7) is 0. The van der Waals surface area contributed by atoms with Gasteiger partial charge in [-0.05, 0) is 24.3 Å². The van der Waals surface area contributed by atoms with Crippen LogP contribution >= 0.6 is 0 Å². The largest absolute Gasteiger partial charge is 0.395 e. The van der Waals surface area contributed by atoms with E-state index in [4.69, 9.17) is 5.73 Å². The second-order valence-electron chi connectivity index (χ2n) is 3.88. The summed E-state index contributed by atoms with van der Waals surface area (Å²) in [5.41, 5.74) is 4.14. The third kappa shape index (κ3) is 2.69. The van der Waals surface area contributed by atoms with Gasteiger partial charge in [-0.15, -0.1) is 0 Å². The smallest absolute Gasteiger partial charge is 0.264 e. The zero-order chi connectivity index (χ0) is 14.9. The molecule has 0 saturated heterocycles. The van der Waals surface area contributed by atoms with Crippen LogP contribution in [0.5, 0.6) is 0 Å². The number of para-hydroxylation sites is 1. The summed E-state index contributed by atoms with van der Waals surface area (Å²) in [4.78, 5) is -0.554. The van der Waals surface area contributed by atoms with E-state index in [9.17, 15) is 21.6 Å². The summed E-state index contributed by atoms with van der Waals surface area (Å²) in [6, 6.07) is 5.45. The lowest BCUT2D eigenvalue weighted by molar-refractivity contribution is 0.592. The molecular weight excluding hydrogens is 293 g/mol. The second kappa shape index (κ2) is 5.04. The second-order valence-corrected chi connectivity index (χ2v) is 5.53. The van der Waals surface area contributed by atoms with Crippen LogP contribution in [-0.4, -0.2) is 8.42 Å². The number of nitrogens with one attached hydrogen (secondary N) is 1. The highest BCUT2D eigenvalue weighted by atomic mass is 32.2. The van der Waals surface area contributed by atoms with Crippen LogP contribution in [0.25, 0.3) is 0 Å². The normalized spacial score (nSPS) is 11.3. The number of nitrogens with two attached hydrogens (primary N) is 1. The van der Waals surface area contributed by atoms with Crippen LogP contribution in [0.3, 0.4) is 0 Å². The molecule has 0 atom stereocenters. The number of anilines is 2. The van der Waals surface area contributed by atoms with Gasteiger partial charge in [0, 0.05) is 6.07 Å². The van der Waals surface area contributed by atoms with Crippen LogP contribution in [0.15, 0.2) is 41.3 Å². The molecule has 0 aromatic heterocycles. The van der Waals surface area contributed by atoms with Gasteiger partial charge in [0.05, 0.1) is 11.4 Å². The number of hydrogen-bond acceptors (Lipinski definition) is 3. The maximum Gasteiger partial charge on any atom is 0.264 e. The molecule has 0 radical (unpaired) electrons. The zero-order valence-electron chi connectivity index (χ0n) is 9.90. The number of sulfonamides is 1. The van der Waals surface area contributed by atoms with Crippen molar-refractivity contribution in [2.75, 3.05) is 10.5 Å². The van der Waals surface area contributed by atoms with Crippen LogP contribution < -0.4 is 10.5 Å². The molecule has 0 saturated carbocycles. The predicted octanol–water partition coefficient (Wildman–Crippen LogP) is 2.49. The van der Waals surface area contributed by atoms with E-state index >= 15 is 0 Å². The van der Waals surface area contributed by atoms with E-state index in [1.807, 2.05) is 4.72 Å². The standard InChI is InChI=1S/C12H9F3N2O2S/c13-7-4-5-8(14)10(6-7)17-20(18,19)11-3-1-2-9(15)12(11)16/h1-6,17H,16H2. The minimum Gasteiger partial charge on any atom is -0.395 e. The van der Waals surface area contributed by atoms with Crippen LogP contribution in [0, 0.1) is 17.5 Å². The van der Waals surface area contributed by atoms with E-state index < -0.39 is 43.7 Å². The van der Waals surface area contributed by atoms with Crippen molar-refractivity contribution in [2.45, 2.75) is 4.90 Å². The van der Waals surface area contributed by atoms with Gasteiger partial charge < -0.3 is 5.73 Å². The van der Waals surface area contributed by atoms with Crippen LogP contribution in [-0.2, 0) is 10.0 Å². The highest BCUT2D eigenvalue weighted by molar-refractivity contribution is 7.92. The fraction of sp³-hybridized carbons (Fsp3) is 0. The first kappa shape index (κ1) is 14.2. The van der Waals surface area contributed by atoms with Crippen molar-refractivity contribution in [1.82, 2.24) is 0 Å². The Morgan fingerprint density at radius 2 is 1.70 bits per heavy atom. The first-order chi connectivity index (χ1) is 9.31. The predicted molar refractivity (Wildman–Crippen MR) is 68.0 cm³/mol. The van der Waals surface area contributed by atoms with Gasteiger partial charge in [-0.25, -0.2) is 21.6 Å². The lowest BCUT2D eigenvalue weighted by Gasteiger charge is -2.11. The van der Waals surface area contributed by atoms with Gasteiger partial charge in [-0.1, -0.05) is 6.07 Å². The maximum atomic E-state index is 13.4. The summed E-state index contributed by atoms with van der Waals surface area (Å²) >= 11 is 0. The van der Waals surface area contributed by atoms with Gasteiger partial charge >= 0.3 is 0 Å². The number of halogens is 3. The van der Waals surface area contributed by atoms with Crippen LogP contribution in [0.1, 0.15) is 0 Å². The monoisotopic (exact) mass is 302 g/mol. The van der Waals surface area contributed by atoms with Crippen LogP contribution in [0.2, 0.25) is 0 Å². The van der Waals surface area contributed by atoms with Crippen LogP contribution in [0.4, 0.5) is 24.5 Å². The minimum absolute atomic E-state index is 0.554. The van der Waals surface area contributed by atoms with E-state index in [0.29, 0.717) is 6.07 Å². The molecule has 20 heavy (non-hydrogen) atoms. The van der Waals surface area contributed by atoms with E-state index in [-0.39, 0.29) is 0 Å². The fourth-order valence-electron chi connectivity index (χ4n) is 1.53. The maximum absolute atomic E-state index is 13.4. The highest BCUT2D eigenvalue weighted by Crippen LogP contribution is 2.25. The molecule has 106 valence electrons. The molecule has 8 heteroatoms. The van der Waals surface area contributed by atoms with Gasteiger partial charge in [0.2, 0.25) is 0 Å². The van der Waals surface area contributed by atoms with Crippen molar-refractivity contribution in [3.05, 3.63) is 53.8 Å². The Bertz CT molecular complexity index is 763. The van der Waals surface area contributed by atoms with Gasteiger partial charge in [0.25, 0.3) is 10.0 Å². The average molecular weight is 302 g/mol. The zero-order valence-corrected chi connectivity index (χ0v) is 10.7. The van der Waals surface area contributed by atoms with Gasteiger partial charge in [-0.3, -0.25) is 4.72 Å². The molecule has 2 aromatic rings. The average Bonchev–Trinajstić information content (AvgIpc) is 2.36. The van der Waals surface area contributed by atoms with Crippen molar-refractivity contribution >= 4 is 21.4 Å². The summed E-state index contributed by atoms with van der Waals surface area (Å²) in [5.74, 6) is -2.71. The first-order valence-electron chi connectivity index (χ1n) is 5.33. The van der Waals surface area contributed by atoms with E-state index in [1.54, 1.807) is 0 Å². The van der Waals surface area contributed by atoms with E-state index in [0.717, 1.165) is 30.3 Å². The van der Waals surface area contributed by atoms with E-state index in [1.165, 1.54) is 0 Å². The third-order valence-electron chi connectivity index (χ3n) is 2.48. The first-order valence-corrected chi connectivity index (χ1v) is 6.81. The lowest BCUT2D eigenvalue weighted by Crippen LogP contribution is -2.16. The van der Waals surface area contributed by atoms with Gasteiger partial charge in [0.1, 0.15) is 22.3 Å². The number of rotatable bonds is 3. The number of benzene rings is 2. The molecule has 2 aromatic carbocycles. The Morgan fingerprint density at radius 1 is 1.00 bits per heavy atom. The van der Waals surface area contributed by atoms with Crippen molar-refractivity contribution in [2.24, 2.45) is 0 Å². The molecule has 3 N–H and O–H groups in total. The molecule has 0 amide bonds. The topological polar surface area (TPSA) is 72.2 Å². The molecule has 0 bridgehead atoms. The summed E-state index contributed by atoms with van der Waals surface area (Å²) in [5, 5.41) is 0. The molecule has 0 fully saturated rings. The lowest BCUT2D eigenvalue weighted by atomic mass is 10.3. The number of nitrogen functional groups attached to an aromatic ring is 1. The summed E-state index contributed by atoms with van der Waals surface area (Å²) in [6.07, 6.45) is 0. The van der Waals surface area contributed by atoms with Gasteiger partial charge in [-0.2, -0.15) is 0 Å². The molecule has 0 unspecified atom stereocenters. The van der Waals surface area contributed by atoms with Crippen molar-refractivity contribution in [1.29, 1.82) is 0 Å². The minimum atomic E-state index is -4.33. The van der Waals surface area contributed by atoms with Gasteiger partial charge in [0.15, 0.2) is 0 Å². The Kier molecular flexibility index (Phi) is 3.58.